The van der Waals surface area contributed by atoms with Crippen LogP contribution in [0.4, 0.5) is 0 Å². The maximum atomic E-state index is 10.6. The normalized spacial score (nSPS) is 12.7. The SMILES string of the molecule is CCCOc1ccccc1C(O)c1cc2sccc2s1. The first kappa shape index (κ1) is 13.6. The lowest BCUT2D eigenvalue weighted by Gasteiger charge is -2.14. The molecule has 104 valence electrons. The standard InChI is InChI=1S/C16H16O2S2/c1-2-8-18-12-6-4-3-5-11(12)16(17)15-10-14-13(20-15)7-9-19-14/h3-7,9-10,16-17H,2,8H2,1H3. The van der Waals surface area contributed by atoms with Crippen LogP contribution in [0, 0.1) is 0 Å². The molecular weight excluding hydrogens is 288 g/mol. The van der Waals surface area contributed by atoms with Crippen LogP contribution in [0.5, 0.6) is 5.75 Å². The molecule has 0 fully saturated rings. The molecule has 0 bridgehead atoms. The van der Waals surface area contributed by atoms with Gasteiger partial charge in [-0.05, 0) is 30.0 Å². The van der Waals surface area contributed by atoms with E-state index < -0.39 is 6.10 Å². The van der Waals surface area contributed by atoms with Crippen LogP contribution in [0.3, 0.4) is 0 Å². The molecule has 0 saturated carbocycles. The lowest BCUT2D eigenvalue weighted by Crippen LogP contribution is -2.03. The molecule has 0 spiro atoms. The summed E-state index contributed by atoms with van der Waals surface area (Å²) in [5, 5.41) is 12.7. The molecule has 3 aromatic rings. The summed E-state index contributed by atoms with van der Waals surface area (Å²) in [6.07, 6.45) is 0.340. The Labute approximate surface area is 126 Å². The largest absolute Gasteiger partial charge is 0.493 e. The summed E-state index contributed by atoms with van der Waals surface area (Å²) in [7, 11) is 0. The summed E-state index contributed by atoms with van der Waals surface area (Å²) in [5.74, 6) is 0.776. The van der Waals surface area contributed by atoms with E-state index in [0.717, 1.165) is 22.6 Å². The van der Waals surface area contributed by atoms with E-state index in [-0.39, 0.29) is 0 Å². The van der Waals surface area contributed by atoms with Crippen molar-refractivity contribution < 1.29 is 9.84 Å². The first-order valence-electron chi connectivity index (χ1n) is 6.66. The molecule has 0 radical (unpaired) electrons. The quantitative estimate of drug-likeness (QED) is 0.731. The van der Waals surface area contributed by atoms with Crippen molar-refractivity contribution in [3.8, 4) is 5.75 Å². The van der Waals surface area contributed by atoms with Crippen molar-refractivity contribution in [2.24, 2.45) is 0 Å². The Balaban J connectivity index is 1.93. The fourth-order valence-electron chi connectivity index (χ4n) is 2.12. The smallest absolute Gasteiger partial charge is 0.125 e. The molecule has 0 aliphatic rings. The summed E-state index contributed by atoms with van der Waals surface area (Å²) in [5.41, 5.74) is 0.842. The maximum absolute atomic E-state index is 10.6. The van der Waals surface area contributed by atoms with Crippen LogP contribution in [0.1, 0.15) is 29.9 Å². The number of aliphatic hydroxyl groups is 1. The van der Waals surface area contributed by atoms with E-state index in [2.05, 4.69) is 24.4 Å². The minimum atomic E-state index is -0.618. The van der Waals surface area contributed by atoms with Gasteiger partial charge < -0.3 is 9.84 Å². The predicted octanol–water partition coefficient (Wildman–Crippen LogP) is 4.83. The molecular formula is C16H16O2S2. The number of para-hydroxylation sites is 1. The van der Waals surface area contributed by atoms with Gasteiger partial charge >= 0.3 is 0 Å². The molecule has 1 N–H and O–H groups in total. The van der Waals surface area contributed by atoms with Gasteiger partial charge in [-0.25, -0.2) is 0 Å². The molecule has 2 heterocycles. The monoisotopic (exact) mass is 304 g/mol. The van der Waals surface area contributed by atoms with Crippen molar-refractivity contribution in [3.05, 3.63) is 52.2 Å². The van der Waals surface area contributed by atoms with Gasteiger partial charge in [0.15, 0.2) is 0 Å². The van der Waals surface area contributed by atoms with Gasteiger partial charge in [0.25, 0.3) is 0 Å². The zero-order valence-corrected chi connectivity index (χ0v) is 12.8. The highest BCUT2D eigenvalue weighted by Gasteiger charge is 2.18. The molecule has 0 amide bonds. The predicted molar refractivity (Wildman–Crippen MR) is 86.0 cm³/mol. The van der Waals surface area contributed by atoms with E-state index in [1.165, 1.54) is 9.40 Å². The minimum absolute atomic E-state index is 0.618. The van der Waals surface area contributed by atoms with Crippen molar-refractivity contribution in [2.75, 3.05) is 6.61 Å². The topological polar surface area (TPSA) is 29.5 Å². The van der Waals surface area contributed by atoms with Crippen LogP contribution in [0.2, 0.25) is 0 Å². The van der Waals surface area contributed by atoms with Crippen LogP contribution >= 0.6 is 22.7 Å². The molecule has 1 atom stereocenters. The molecule has 0 aliphatic heterocycles. The molecule has 1 unspecified atom stereocenters. The molecule has 4 heteroatoms. The summed E-state index contributed by atoms with van der Waals surface area (Å²) in [6, 6.07) is 11.9. The first-order chi connectivity index (χ1) is 9.79. The van der Waals surface area contributed by atoms with Gasteiger partial charge in [0.1, 0.15) is 11.9 Å². The maximum Gasteiger partial charge on any atom is 0.125 e. The lowest BCUT2D eigenvalue weighted by atomic mass is 10.1. The fraction of sp³-hybridized carbons (Fsp3) is 0.250. The highest BCUT2D eigenvalue weighted by atomic mass is 32.1. The van der Waals surface area contributed by atoms with Gasteiger partial charge in [-0.3, -0.25) is 0 Å². The van der Waals surface area contributed by atoms with E-state index in [0.29, 0.717) is 6.61 Å². The number of aliphatic hydroxyl groups excluding tert-OH is 1. The summed E-state index contributed by atoms with van der Waals surface area (Å²) < 4.78 is 8.20. The zero-order chi connectivity index (χ0) is 13.9. The number of ether oxygens (including phenoxy) is 1. The van der Waals surface area contributed by atoms with Crippen LogP contribution in [-0.2, 0) is 0 Å². The molecule has 3 rings (SSSR count). The average molecular weight is 304 g/mol. The van der Waals surface area contributed by atoms with Crippen molar-refractivity contribution in [3.63, 3.8) is 0 Å². The number of hydrogen-bond donors (Lipinski definition) is 1. The van der Waals surface area contributed by atoms with Crippen molar-refractivity contribution >= 4 is 32.1 Å². The number of fused-ring (bicyclic) bond motifs is 1. The number of thiophene rings is 2. The first-order valence-corrected chi connectivity index (χ1v) is 8.36. The lowest BCUT2D eigenvalue weighted by molar-refractivity contribution is 0.214. The van der Waals surface area contributed by atoms with Gasteiger partial charge in [0.2, 0.25) is 0 Å². The van der Waals surface area contributed by atoms with Gasteiger partial charge in [-0.1, -0.05) is 25.1 Å². The fourth-order valence-corrected chi connectivity index (χ4v) is 4.25. The zero-order valence-electron chi connectivity index (χ0n) is 11.2. The highest BCUT2D eigenvalue weighted by molar-refractivity contribution is 7.26. The van der Waals surface area contributed by atoms with E-state index in [1.807, 2.05) is 24.3 Å². The number of rotatable bonds is 5. The van der Waals surface area contributed by atoms with E-state index in [1.54, 1.807) is 22.7 Å². The third-order valence-electron chi connectivity index (χ3n) is 3.10. The molecule has 0 aliphatic carbocycles. The Morgan fingerprint density at radius 2 is 2.05 bits per heavy atom. The highest BCUT2D eigenvalue weighted by Crippen LogP contribution is 2.38. The summed E-state index contributed by atoms with van der Waals surface area (Å²) in [4.78, 5) is 0.972. The Kier molecular flexibility index (Phi) is 4.05. The van der Waals surface area contributed by atoms with Gasteiger partial charge in [-0.15, -0.1) is 22.7 Å². The van der Waals surface area contributed by atoms with Crippen molar-refractivity contribution in [1.29, 1.82) is 0 Å². The molecule has 0 saturated heterocycles. The molecule has 1 aromatic carbocycles. The van der Waals surface area contributed by atoms with E-state index in [9.17, 15) is 5.11 Å². The van der Waals surface area contributed by atoms with Crippen LogP contribution in [-0.4, -0.2) is 11.7 Å². The van der Waals surface area contributed by atoms with Crippen LogP contribution in [0.25, 0.3) is 9.40 Å². The number of benzene rings is 1. The van der Waals surface area contributed by atoms with Crippen LogP contribution < -0.4 is 4.74 Å². The van der Waals surface area contributed by atoms with Gasteiger partial charge in [0, 0.05) is 19.8 Å². The Hall–Kier alpha value is -1.36. The molecule has 2 aromatic heterocycles. The summed E-state index contributed by atoms with van der Waals surface area (Å²) >= 11 is 3.35. The third-order valence-corrected chi connectivity index (χ3v) is 5.25. The second-order valence-corrected chi connectivity index (χ2v) is 6.65. The van der Waals surface area contributed by atoms with Gasteiger partial charge in [0.05, 0.1) is 6.61 Å². The van der Waals surface area contributed by atoms with Crippen molar-refractivity contribution in [1.82, 2.24) is 0 Å². The van der Waals surface area contributed by atoms with Crippen LogP contribution in [0.15, 0.2) is 41.8 Å². The second-order valence-electron chi connectivity index (χ2n) is 4.59. The number of hydrogen-bond acceptors (Lipinski definition) is 4. The third kappa shape index (κ3) is 2.59. The minimum Gasteiger partial charge on any atom is -0.493 e. The summed E-state index contributed by atoms with van der Waals surface area (Å²) in [6.45, 7) is 2.75. The van der Waals surface area contributed by atoms with Crippen molar-refractivity contribution in [2.45, 2.75) is 19.4 Å². The molecule has 20 heavy (non-hydrogen) atoms. The Morgan fingerprint density at radius 1 is 1.20 bits per heavy atom. The average Bonchev–Trinajstić information content (AvgIpc) is 3.06. The molecule has 2 nitrogen and oxygen atoms in total. The second kappa shape index (κ2) is 5.95. The van der Waals surface area contributed by atoms with E-state index in [4.69, 9.17) is 4.74 Å². The van der Waals surface area contributed by atoms with Gasteiger partial charge in [-0.2, -0.15) is 0 Å². The Morgan fingerprint density at radius 3 is 2.85 bits per heavy atom. The van der Waals surface area contributed by atoms with E-state index >= 15 is 0 Å². The Bertz CT molecular complexity index is 671.